The summed E-state index contributed by atoms with van der Waals surface area (Å²) in [5.74, 6) is 0. The van der Waals surface area contributed by atoms with Gasteiger partial charge in [0.05, 0.1) is 19.6 Å². The highest BCUT2D eigenvalue weighted by molar-refractivity contribution is 4.75. The van der Waals surface area contributed by atoms with Gasteiger partial charge in [0.25, 0.3) is 6.10 Å². The van der Waals surface area contributed by atoms with Crippen molar-refractivity contribution in [3.05, 3.63) is 0 Å². The molecule has 0 amide bonds. The van der Waals surface area contributed by atoms with Crippen molar-refractivity contribution in [2.45, 2.75) is 39.2 Å². The van der Waals surface area contributed by atoms with Gasteiger partial charge < -0.3 is 21.6 Å². The van der Waals surface area contributed by atoms with Crippen LogP contribution in [-0.4, -0.2) is 49.3 Å². The van der Waals surface area contributed by atoms with Gasteiger partial charge in [0.1, 0.15) is 0 Å². The van der Waals surface area contributed by atoms with E-state index in [0.717, 1.165) is 0 Å². The first kappa shape index (κ1) is 21.1. The van der Waals surface area contributed by atoms with Crippen LogP contribution in [0.15, 0.2) is 0 Å². The number of hydrogen-bond acceptors (Lipinski definition) is 1. The maximum Gasteiger partial charge on any atom is 0.423 e. The number of rotatable bonds is 6. The first-order chi connectivity index (χ1) is 8.02. The number of nitrogens with zero attached hydrogens (tertiary/aromatic N) is 1. The topological polar surface area (TPSA) is 9.23 Å². The number of hydrogen-bond donors (Lipinski definition) is 0. The predicted octanol–water partition coefficient (Wildman–Crippen LogP) is 0.334. The Hall–Kier alpha value is -0.210. The number of alkyl halides is 6. The fraction of sp³-hybridized carbons (Fsp3) is 1.00. The molecule has 0 unspecified atom stereocenters. The summed E-state index contributed by atoms with van der Waals surface area (Å²) in [6.45, 7) is 5.74. The summed E-state index contributed by atoms with van der Waals surface area (Å²) in [6.07, 6.45) is -14.6. The van der Waals surface area contributed by atoms with E-state index in [0.29, 0.717) is 19.6 Å². The summed E-state index contributed by atoms with van der Waals surface area (Å²) in [5, 5.41) is 0. The van der Waals surface area contributed by atoms with Gasteiger partial charge in [0, 0.05) is 0 Å². The Morgan fingerprint density at radius 3 is 1.37 bits per heavy atom. The molecule has 0 aliphatic heterocycles. The average molecular weight is 318 g/mol. The SMILES string of the molecule is CC[N+](CC)(CC)COC(C(F)(F)F)C(F)(F)F.[Cl-]. The smallest absolute Gasteiger partial charge is 0.423 e. The Balaban J connectivity index is 0. The molecule has 0 aromatic rings. The molecule has 0 heterocycles. The Morgan fingerprint density at radius 1 is 0.842 bits per heavy atom. The van der Waals surface area contributed by atoms with E-state index < -0.39 is 25.2 Å². The van der Waals surface area contributed by atoms with Crippen LogP contribution < -0.4 is 12.4 Å². The molecule has 19 heavy (non-hydrogen) atoms. The Bertz CT molecular complexity index is 229. The zero-order chi connectivity index (χ0) is 14.6. The molecule has 0 aromatic carbocycles. The molecule has 0 aliphatic rings. The maximum absolute atomic E-state index is 12.3. The van der Waals surface area contributed by atoms with Crippen molar-refractivity contribution in [2.24, 2.45) is 0 Å². The van der Waals surface area contributed by atoms with E-state index >= 15 is 0 Å². The van der Waals surface area contributed by atoms with Crippen molar-refractivity contribution in [2.75, 3.05) is 26.4 Å². The zero-order valence-corrected chi connectivity index (χ0v) is 11.7. The minimum absolute atomic E-state index is 0. The minimum atomic E-state index is -5.44. The number of quaternary nitrogens is 1. The molecule has 0 saturated heterocycles. The van der Waals surface area contributed by atoms with Crippen LogP contribution in [0.4, 0.5) is 26.3 Å². The largest absolute Gasteiger partial charge is 1.00 e. The summed E-state index contributed by atoms with van der Waals surface area (Å²) in [4.78, 5) is 0. The van der Waals surface area contributed by atoms with Crippen molar-refractivity contribution < 1.29 is 48.0 Å². The quantitative estimate of drug-likeness (QED) is 0.390. The highest BCUT2D eigenvalue weighted by atomic mass is 35.5. The van der Waals surface area contributed by atoms with Crippen LogP contribution in [0, 0.1) is 0 Å². The number of ether oxygens (including phenoxy) is 1. The highest BCUT2D eigenvalue weighted by Gasteiger charge is 2.58. The first-order valence-electron chi connectivity index (χ1n) is 5.62. The molecule has 2 nitrogen and oxygen atoms in total. The molecule has 0 aromatic heterocycles. The summed E-state index contributed by atoms with van der Waals surface area (Å²) in [6, 6.07) is 0. The normalized spacial score (nSPS) is 13.6. The molecule has 0 atom stereocenters. The Morgan fingerprint density at radius 2 is 1.16 bits per heavy atom. The second-order valence-electron chi connectivity index (χ2n) is 4.05. The molecule has 0 aliphatic carbocycles. The predicted molar refractivity (Wildman–Crippen MR) is 53.7 cm³/mol. The lowest BCUT2D eigenvalue weighted by Crippen LogP contribution is -3.00. The van der Waals surface area contributed by atoms with Crippen molar-refractivity contribution in [1.82, 2.24) is 0 Å². The Labute approximate surface area is 114 Å². The second-order valence-corrected chi connectivity index (χ2v) is 4.05. The monoisotopic (exact) mass is 317 g/mol. The van der Waals surface area contributed by atoms with Gasteiger partial charge >= 0.3 is 12.4 Å². The minimum Gasteiger partial charge on any atom is -1.00 e. The second kappa shape index (κ2) is 7.54. The third kappa shape index (κ3) is 6.18. The van der Waals surface area contributed by atoms with Gasteiger partial charge in [0.15, 0.2) is 6.73 Å². The van der Waals surface area contributed by atoms with Crippen LogP contribution in [0.1, 0.15) is 20.8 Å². The van der Waals surface area contributed by atoms with E-state index in [4.69, 9.17) is 0 Å². The van der Waals surface area contributed by atoms with Crippen LogP contribution in [0.25, 0.3) is 0 Å². The van der Waals surface area contributed by atoms with E-state index in [-0.39, 0.29) is 16.9 Å². The van der Waals surface area contributed by atoms with Gasteiger partial charge in [0.2, 0.25) is 0 Å². The standard InChI is InChI=1S/C10H18F6NO.ClH/c1-4-17(5-2,6-3)7-18-8(9(11,12)13)10(14,15)16;/h8H,4-7H2,1-3H3;1H/q+1;/p-1. The van der Waals surface area contributed by atoms with Crippen LogP contribution >= 0.6 is 0 Å². The van der Waals surface area contributed by atoms with E-state index in [1.807, 2.05) is 0 Å². The van der Waals surface area contributed by atoms with Gasteiger partial charge in [-0.2, -0.15) is 26.3 Å². The lowest BCUT2D eigenvalue weighted by Gasteiger charge is -2.36. The van der Waals surface area contributed by atoms with Crippen LogP contribution in [0.5, 0.6) is 0 Å². The third-order valence-electron chi connectivity index (χ3n) is 3.12. The van der Waals surface area contributed by atoms with Crippen molar-refractivity contribution in [1.29, 1.82) is 0 Å². The van der Waals surface area contributed by atoms with E-state index in [9.17, 15) is 26.3 Å². The molecule has 0 bridgehead atoms. The van der Waals surface area contributed by atoms with Gasteiger partial charge in [-0.05, 0) is 20.8 Å². The maximum atomic E-state index is 12.3. The molecule has 0 rings (SSSR count). The lowest BCUT2D eigenvalue weighted by molar-refractivity contribution is -0.942. The highest BCUT2D eigenvalue weighted by Crippen LogP contribution is 2.36. The van der Waals surface area contributed by atoms with Crippen LogP contribution in [0.3, 0.4) is 0 Å². The van der Waals surface area contributed by atoms with Gasteiger partial charge in [-0.3, -0.25) is 0 Å². The van der Waals surface area contributed by atoms with Crippen molar-refractivity contribution in [3.8, 4) is 0 Å². The molecule has 0 N–H and O–H groups in total. The first-order valence-corrected chi connectivity index (χ1v) is 5.62. The third-order valence-corrected chi connectivity index (χ3v) is 3.12. The lowest BCUT2D eigenvalue weighted by atomic mass is 10.3. The fourth-order valence-corrected chi connectivity index (χ4v) is 1.55. The molecule has 0 saturated carbocycles. The van der Waals surface area contributed by atoms with E-state index in [1.165, 1.54) is 0 Å². The van der Waals surface area contributed by atoms with E-state index in [1.54, 1.807) is 20.8 Å². The average Bonchev–Trinajstić information content (AvgIpc) is 2.21. The molecule has 0 fully saturated rings. The van der Waals surface area contributed by atoms with E-state index in [2.05, 4.69) is 4.74 Å². The Kier molecular flexibility index (Phi) is 8.37. The summed E-state index contributed by atoms with van der Waals surface area (Å²) in [7, 11) is 0. The van der Waals surface area contributed by atoms with Gasteiger partial charge in [-0.25, -0.2) is 0 Å². The summed E-state index contributed by atoms with van der Waals surface area (Å²) < 4.78 is 77.7. The number of halogens is 7. The molecule has 0 radical (unpaired) electrons. The van der Waals surface area contributed by atoms with Crippen LogP contribution in [0.2, 0.25) is 0 Å². The van der Waals surface area contributed by atoms with Gasteiger partial charge in [-0.1, -0.05) is 0 Å². The molecule has 118 valence electrons. The molecule has 9 heteroatoms. The molecular weight excluding hydrogens is 300 g/mol. The zero-order valence-electron chi connectivity index (χ0n) is 10.9. The summed E-state index contributed by atoms with van der Waals surface area (Å²) >= 11 is 0. The summed E-state index contributed by atoms with van der Waals surface area (Å²) in [5.41, 5.74) is 0. The van der Waals surface area contributed by atoms with Crippen LogP contribution in [-0.2, 0) is 4.74 Å². The molecule has 0 spiro atoms. The van der Waals surface area contributed by atoms with Gasteiger partial charge in [-0.15, -0.1) is 0 Å². The van der Waals surface area contributed by atoms with Crippen molar-refractivity contribution in [3.63, 3.8) is 0 Å². The molecular formula is C10H18ClF6NO. The fourth-order valence-electron chi connectivity index (χ4n) is 1.55. The van der Waals surface area contributed by atoms with Crippen molar-refractivity contribution >= 4 is 0 Å².